The summed E-state index contributed by atoms with van der Waals surface area (Å²) in [7, 11) is 0. The zero-order valence-electron chi connectivity index (χ0n) is 11.1. The first kappa shape index (κ1) is 16.3. The standard InChI is InChI=1S/C12H23NO3S/c1-5-12(6-2,7-10(14)15)13-11(16)9(3)8-17-4/h9H,5-8H2,1-4H3,(H,13,16)(H,14,15). The van der Waals surface area contributed by atoms with Crippen molar-refractivity contribution in [2.24, 2.45) is 5.92 Å². The number of carboxylic acids is 1. The van der Waals surface area contributed by atoms with Gasteiger partial charge in [-0.2, -0.15) is 11.8 Å². The Bertz CT molecular complexity index is 264. The molecule has 0 bridgehead atoms. The molecule has 4 nitrogen and oxygen atoms in total. The van der Waals surface area contributed by atoms with Crippen LogP contribution in [0.2, 0.25) is 0 Å². The van der Waals surface area contributed by atoms with Crippen molar-refractivity contribution in [3.63, 3.8) is 0 Å². The van der Waals surface area contributed by atoms with Crippen LogP contribution >= 0.6 is 11.8 Å². The van der Waals surface area contributed by atoms with Crippen molar-refractivity contribution in [2.75, 3.05) is 12.0 Å². The molecular formula is C12H23NO3S. The van der Waals surface area contributed by atoms with Crippen LogP contribution < -0.4 is 5.32 Å². The van der Waals surface area contributed by atoms with Gasteiger partial charge in [0.2, 0.25) is 5.91 Å². The van der Waals surface area contributed by atoms with Crippen LogP contribution in [0.1, 0.15) is 40.0 Å². The van der Waals surface area contributed by atoms with Crippen LogP contribution in [-0.4, -0.2) is 34.5 Å². The molecule has 0 aliphatic heterocycles. The Kier molecular flexibility index (Phi) is 7.27. The van der Waals surface area contributed by atoms with Crippen molar-refractivity contribution < 1.29 is 14.7 Å². The number of hydrogen-bond acceptors (Lipinski definition) is 3. The van der Waals surface area contributed by atoms with Crippen molar-refractivity contribution in [1.29, 1.82) is 0 Å². The third kappa shape index (κ3) is 5.44. The van der Waals surface area contributed by atoms with Gasteiger partial charge < -0.3 is 10.4 Å². The average molecular weight is 261 g/mol. The number of hydrogen-bond donors (Lipinski definition) is 2. The molecule has 0 aliphatic rings. The normalized spacial score (nSPS) is 13.2. The average Bonchev–Trinajstić information content (AvgIpc) is 2.27. The van der Waals surface area contributed by atoms with Gasteiger partial charge in [-0.05, 0) is 19.1 Å². The molecule has 0 spiro atoms. The van der Waals surface area contributed by atoms with Crippen LogP contribution in [-0.2, 0) is 9.59 Å². The SMILES string of the molecule is CCC(CC)(CC(=O)O)NC(=O)C(C)CSC. The van der Waals surface area contributed by atoms with E-state index < -0.39 is 11.5 Å². The van der Waals surface area contributed by atoms with Crippen LogP contribution in [0.3, 0.4) is 0 Å². The second kappa shape index (κ2) is 7.58. The van der Waals surface area contributed by atoms with E-state index in [-0.39, 0.29) is 18.2 Å². The fourth-order valence-corrected chi connectivity index (χ4v) is 2.37. The van der Waals surface area contributed by atoms with Gasteiger partial charge >= 0.3 is 5.97 Å². The third-order valence-corrected chi connectivity index (χ3v) is 3.93. The van der Waals surface area contributed by atoms with Crippen molar-refractivity contribution in [2.45, 2.75) is 45.6 Å². The van der Waals surface area contributed by atoms with Crippen molar-refractivity contribution >= 4 is 23.6 Å². The number of amides is 1. The minimum atomic E-state index is -0.869. The van der Waals surface area contributed by atoms with Gasteiger partial charge in [0.05, 0.1) is 6.42 Å². The zero-order chi connectivity index (χ0) is 13.5. The molecule has 2 N–H and O–H groups in total. The molecule has 0 radical (unpaired) electrons. The maximum absolute atomic E-state index is 11.9. The van der Waals surface area contributed by atoms with E-state index in [1.54, 1.807) is 11.8 Å². The van der Waals surface area contributed by atoms with Crippen molar-refractivity contribution in [3.8, 4) is 0 Å². The zero-order valence-corrected chi connectivity index (χ0v) is 11.9. The van der Waals surface area contributed by atoms with Gasteiger partial charge in [-0.3, -0.25) is 9.59 Å². The molecule has 0 saturated heterocycles. The van der Waals surface area contributed by atoms with Crippen molar-refractivity contribution in [3.05, 3.63) is 0 Å². The molecule has 0 rings (SSSR count). The summed E-state index contributed by atoms with van der Waals surface area (Å²) in [5.41, 5.74) is -0.602. The van der Waals surface area contributed by atoms with Crippen LogP contribution in [0.5, 0.6) is 0 Å². The largest absolute Gasteiger partial charge is 0.481 e. The second-order valence-electron chi connectivity index (χ2n) is 4.40. The highest BCUT2D eigenvalue weighted by atomic mass is 32.2. The number of aliphatic carboxylic acids is 1. The van der Waals surface area contributed by atoms with E-state index in [4.69, 9.17) is 5.11 Å². The van der Waals surface area contributed by atoms with Gasteiger partial charge in [-0.1, -0.05) is 20.8 Å². The minimum absolute atomic E-state index is 0.0161. The van der Waals surface area contributed by atoms with E-state index in [0.29, 0.717) is 12.8 Å². The van der Waals surface area contributed by atoms with Gasteiger partial charge in [0, 0.05) is 17.2 Å². The lowest BCUT2D eigenvalue weighted by Gasteiger charge is -2.32. The molecular weight excluding hydrogens is 238 g/mol. The van der Waals surface area contributed by atoms with E-state index in [1.165, 1.54) is 0 Å². The maximum Gasteiger partial charge on any atom is 0.305 e. The Morgan fingerprint density at radius 2 is 1.88 bits per heavy atom. The molecule has 1 atom stereocenters. The number of carboxylic acid groups (broad SMARTS) is 1. The van der Waals surface area contributed by atoms with E-state index in [1.807, 2.05) is 27.0 Å². The van der Waals surface area contributed by atoms with Crippen molar-refractivity contribution in [1.82, 2.24) is 5.32 Å². The van der Waals surface area contributed by atoms with Gasteiger partial charge in [0.1, 0.15) is 0 Å². The fraction of sp³-hybridized carbons (Fsp3) is 0.833. The first-order valence-electron chi connectivity index (χ1n) is 5.93. The molecule has 0 aliphatic carbocycles. The van der Waals surface area contributed by atoms with Gasteiger partial charge in [0.15, 0.2) is 0 Å². The quantitative estimate of drug-likeness (QED) is 0.702. The molecule has 5 heteroatoms. The smallest absolute Gasteiger partial charge is 0.305 e. The molecule has 17 heavy (non-hydrogen) atoms. The number of carbonyl (C=O) groups is 2. The lowest BCUT2D eigenvalue weighted by molar-refractivity contribution is -0.139. The Hall–Kier alpha value is -0.710. The second-order valence-corrected chi connectivity index (χ2v) is 5.31. The summed E-state index contributed by atoms with van der Waals surface area (Å²) < 4.78 is 0. The van der Waals surface area contributed by atoms with E-state index in [0.717, 1.165) is 5.75 Å². The predicted octanol–water partition coefficient (Wildman–Crippen LogP) is 2.14. The maximum atomic E-state index is 11.9. The molecule has 0 saturated carbocycles. The Labute approximate surface area is 108 Å². The molecule has 0 aromatic heterocycles. The van der Waals surface area contributed by atoms with Gasteiger partial charge in [-0.25, -0.2) is 0 Å². The summed E-state index contributed by atoms with van der Waals surface area (Å²) in [6.45, 7) is 5.68. The summed E-state index contributed by atoms with van der Waals surface area (Å²) in [5, 5.41) is 11.8. The first-order valence-corrected chi connectivity index (χ1v) is 7.33. The lowest BCUT2D eigenvalue weighted by Crippen LogP contribution is -2.51. The Morgan fingerprint density at radius 1 is 1.35 bits per heavy atom. The summed E-state index contributed by atoms with van der Waals surface area (Å²) in [5.74, 6) is -0.255. The molecule has 1 unspecified atom stereocenters. The van der Waals surface area contributed by atoms with Gasteiger partial charge in [0.25, 0.3) is 0 Å². The summed E-state index contributed by atoms with van der Waals surface area (Å²) in [6.07, 6.45) is 3.20. The molecule has 100 valence electrons. The lowest BCUT2D eigenvalue weighted by atomic mass is 9.88. The first-order chi connectivity index (χ1) is 7.90. The molecule has 0 heterocycles. The highest BCUT2D eigenvalue weighted by molar-refractivity contribution is 7.98. The van der Waals surface area contributed by atoms with Crippen LogP contribution in [0.25, 0.3) is 0 Å². The fourth-order valence-electron chi connectivity index (χ4n) is 1.72. The highest BCUT2D eigenvalue weighted by Crippen LogP contribution is 2.21. The van der Waals surface area contributed by atoms with E-state index in [9.17, 15) is 9.59 Å². The monoisotopic (exact) mass is 261 g/mol. The minimum Gasteiger partial charge on any atom is -0.481 e. The van der Waals surface area contributed by atoms with Crippen LogP contribution in [0.4, 0.5) is 0 Å². The Balaban J connectivity index is 4.63. The molecule has 0 aromatic carbocycles. The van der Waals surface area contributed by atoms with Crippen LogP contribution in [0, 0.1) is 5.92 Å². The molecule has 0 fully saturated rings. The number of thioether (sulfide) groups is 1. The summed E-state index contributed by atoms with van der Waals surface area (Å²) in [6, 6.07) is 0. The Morgan fingerprint density at radius 3 is 2.24 bits per heavy atom. The predicted molar refractivity (Wildman–Crippen MR) is 71.3 cm³/mol. The number of carbonyl (C=O) groups excluding carboxylic acids is 1. The van der Waals surface area contributed by atoms with E-state index in [2.05, 4.69) is 5.32 Å². The number of nitrogens with one attached hydrogen (secondary N) is 1. The highest BCUT2D eigenvalue weighted by Gasteiger charge is 2.32. The summed E-state index contributed by atoms with van der Waals surface area (Å²) >= 11 is 1.62. The summed E-state index contributed by atoms with van der Waals surface area (Å²) in [4.78, 5) is 22.8. The van der Waals surface area contributed by atoms with Gasteiger partial charge in [-0.15, -0.1) is 0 Å². The third-order valence-electron chi connectivity index (χ3n) is 3.10. The molecule has 0 aromatic rings. The topological polar surface area (TPSA) is 66.4 Å². The van der Waals surface area contributed by atoms with E-state index >= 15 is 0 Å². The number of rotatable bonds is 8. The van der Waals surface area contributed by atoms with Crippen LogP contribution in [0.15, 0.2) is 0 Å². The molecule has 1 amide bonds.